The number of nitrogens with two attached hydrogens (primary N) is 1. The molecule has 0 saturated carbocycles. The molecule has 0 bridgehead atoms. The lowest BCUT2D eigenvalue weighted by Crippen LogP contribution is -2.96. The van der Waals surface area contributed by atoms with Crippen LogP contribution >= 0.6 is 0 Å². The van der Waals surface area contributed by atoms with Gasteiger partial charge in [-0.3, -0.25) is 9.59 Å². The summed E-state index contributed by atoms with van der Waals surface area (Å²) in [6.45, 7) is 4.52. The van der Waals surface area contributed by atoms with Gasteiger partial charge in [0.25, 0.3) is 5.91 Å². The van der Waals surface area contributed by atoms with Gasteiger partial charge < -0.3 is 25.2 Å². The fourth-order valence-corrected chi connectivity index (χ4v) is 3.22. The quantitative estimate of drug-likeness (QED) is 0.725. The Bertz CT molecular complexity index is 582. The lowest BCUT2D eigenvalue weighted by atomic mass is 10.1. The molecule has 0 aliphatic carbocycles. The summed E-state index contributed by atoms with van der Waals surface area (Å²) in [4.78, 5) is 28.3. The monoisotopic (exact) mass is 333 g/mol. The highest BCUT2D eigenvalue weighted by Gasteiger charge is 2.31. The zero-order valence-corrected chi connectivity index (χ0v) is 14.0. The van der Waals surface area contributed by atoms with Crippen molar-refractivity contribution < 1.29 is 19.6 Å². The molecule has 0 aromatic heterocycles. The Morgan fingerprint density at radius 3 is 2.58 bits per heavy atom. The van der Waals surface area contributed by atoms with Crippen LogP contribution in [0, 0.1) is 0 Å². The van der Waals surface area contributed by atoms with Crippen molar-refractivity contribution in [2.75, 3.05) is 51.3 Å². The van der Waals surface area contributed by atoms with Gasteiger partial charge in [0.2, 0.25) is 5.91 Å². The molecule has 1 aromatic carbocycles. The fourth-order valence-electron chi connectivity index (χ4n) is 3.22. The van der Waals surface area contributed by atoms with Crippen molar-refractivity contribution in [1.82, 2.24) is 10.2 Å². The van der Waals surface area contributed by atoms with Crippen LogP contribution in [0.2, 0.25) is 0 Å². The van der Waals surface area contributed by atoms with E-state index in [9.17, 15) is 9.59 Å². The third-order valence-corrected chi connectivity index (χ3v) is 4.70. The fraction of sp³-hybridized carbons (Fsp3) is 0.529. The highest BCUT2D eigenvalue weighted by atomic mass is 16.5. The van der Waals surface area contributed by atoms with E-state index in [0.717, 1.165) is 31.1 Å². The van der Waals surface area contributed by atoms with Crippen molar-refractivity contribution in [3.8, 4) is 5.75 Å². The van der Waals surface area contributed by atoms with Gasteiger partial charge in [0.05, 0.1) is 26.6 Å². The maximum absolute atomic E-state index is 12.4. The predicted octanol–water partition coefficient (Wildman–Crippen LogP) is -1.20. The number of methoxy groups -OCH3 is 1. The number of quaternary nitrogens is 1. The highest BCUT2D eigenvalue weighted by Crippen LogP contribution is 2.20. The number of benzene rings is 1. The molecule has 2 heterocycles. The Labute approximate surface area is 141 Å². The van der Waals surface area contributed by atoms with Gasteiger partial charge in [-0.15, -0.1) is 0 Å². The normalized spacial score (nSPS) is 21.4. The smallest absolute Gasteiger partial charge is 0.278 e. The van der Waals surface area contributed by atoms with Crippen LogP contribution in [0.4, 0.5) is 5.69 Å². The van der Waals surface area contributed by atoms with E-state index in [1.807, 2.05) is 34.5 Å². The van der Waals surface area contributed by atoms with Crippen LogP contribution in [0.3, 0.4) is 0 Å². The summed E-state index contributed by atoms with van der Waals surface area (Å²) >= 11 is 0. The topological polar surface area (TPSA) is 78.5 Å². The summed E-state index contributed by atoms with van der Waals surface area (Å²) in [6.07, 6.45) is 0.286. The molecule has 1 atom stereocenters. The van der Waals surface area contributed by atoms with E-state index in [0.29, 0.717) is 19.6 Å². The van der Waals surface area contributed by atoms with Crippen LogP contribution < -0.4 is 20.3 Å². The summed E-state index contributed by atoms with van der Waals surface area (Å²) in [5.41, 5.74) is 1.14. The molecule has 7 heteroatoms. The molecule has 2 aliphatic heterocycles. The molecule has 3 N–H and O–H groups in total. The summed E-state index contributed by atoms with van der Waals surface area (Å²) in [7, 11) is 1.66. The van der Waals surface area contributed by atoms with Crippen LogP contribution in [0.5, 0.6) is 5.75 Å². The molecule has 7 nitrogen and oxygen atoms in total. The average Bonchev–Trinajstić information content (AvgIpc) is 2.64. The predicted molar refractivity (Wildman–Crippen MR) is 90.0 cm³/mol. The van der Waals surface area contributed by atoms with Crippen molar-refractivity contribution in [2.45, 2.75) is 12.5 Å². The number of hydrogen-bond donors (Lipinski definition) is 2. The molecule has 0 radical (unpaired) electrons. The van der Waals surface area contributed by atoms with Crippen molar-refractivity contribution >= 4 is 17.5 Å². The zero-order valence-electron chi connectivity index (χ0n) is 14.0. The number of piperazine rings is 2. The van der Waals surface area contributed by atoms with Gasteiger partial charge in [0.1, 0.15) is 5.75 Å². The third kappa shape index (κ3) is 3.79. The molecule has 0 unspecified atom stereocenters. The van der Waals surface area contributed by atoms with Crippen molar-refractivity contribution in [3.05, 3.63) is 24.3 Å². The van der Waals surface area contributed by atoms with Crippen molar-refractivity contribution in [1.29, 1.82) is 0 Å². The molecule has 2 fully saturated rings. The van der Waals surface area contributed by atoms with E-state index >= 15 is 0 Å². The summed E-state index contributed by atoms with van der Waals surface area (Å²) in [5.74, 6) is 0.892. The molecule has 130 valence electrons. The second-order valence-electron chi connectivity index (χ2n) is 6.19. The zero-order chi connectivity index (χ0) is 16.9. The summed E-state index contributed by atoms with van der Waals surface area (Å²) in [5, 5.41) is 4.78. The van der Waals surface area contributed by atoms with Crippen LogP contribution in [-0.4, -0.2) is 69.1 Å². The van der Waals surface area contributed by atoms with Gasteiger partial charge >= 0.3 is 0 Å². The molecule has 3 rings (SSSR count). The number of nitrogens with one attached hydrogen (secondary N) is 1. The second-order valence-corrected chi connectivity index (χ2v) is 6.19. The number of ether oxygens (including phenoxy) is 1. The number of carbonyl (C=O) groups is 2. The largest absolute Gasteiger partial charge is 0.497 e. The Morgan fingerprint density at radius 2 is 1.96 bits per heavy atom. The first-order valence-electron chi connectivity index (χ1n) is 8.45. The minimum atomic E-state index is -0.272. The van der Waals surface area contributed by atoms with E-state index in [4.69, 9.17) is 4.74 Å². The van der Waals surface area contributed by atoms with Gasteiger partial charge in [0, 0.05) is 31.9 Å². The molecular formula is C17H25N4O3+. The Kier molecular flexibility index (Phi) is 5.20. The molecular weight excluding hydrogens is 308 g/mol. The first-order chi connectivity index (χ1) is 11.7. The number of anilines is 1. The molecule has 0 spiro atoms. The van der Waals surface area contributed by atoms with E-state index < -0.39 is 0 Å². The molecule has 24 heavy (non-hydrogen) atoms. The first-order valence-corrected chi connectivity index (χ1v) is 8.45. The Balaban J connectivity index is 1.50. The van der Waals surface area contributed by atoms with Gasteiger partial charge in [-0.1, -0.05) is 0 Å². The number of nitrogens with zero attached hydrogens (tertiary/aromatic N) is 2. The maximum atomic E-state index is 12.4. The maximum Gasteiger partial charge on any atom is 0.278 e. The molecule has 1 aromatic rings. The number of rotatable bonds is 4. The summed E-state index contributed by atoms with van der Waals surface area (Å²) in [6, 6.07) is 7.70. The Hall–Kier alpha value is -2.28. The SMILES string of the molecule is COc1ccc(N2CCN(C(=O)C[C@H]3[NH2+]CCNC3=O)CC2)cc1. The minimum absolute atomic E-state index is 0.0218. The lowest BCUT2D eigenvalue weighted by Gasteiger charge is -2.36. The first kappa shape index (κ1) is 16.6. The Morgan fingerprint density at radius 1 is 1.25 bits per heavy atom. The van der Waals surface area contributed by atoms with Gasteiger partial charge in [-0.2, -0.15) is 0 Å². The van der Waals surface area contributed by atoms with E-state index in [2.05, 4.69) is 10.2 Å². The molecule has 2 aliphatic rings. The van der Waals surface area contributed by atoms with Crippen LogP contribution in [0.25, 0.3) is 0 Å². The highest BCUT2D eigenvalue weighted by molar-refractivity contribution is 5.87. The van der Waals surface area contributed by atoms with Gasteiger partial charge in [-0.05, 0) is 24.3 Å². The number of amides is 2. The average molecular weight is 333 g/mol. The standard InChI is InChI=1S/C17H24N4O3/c1-24-14-4-2-13(3-5-14)20-8-10-21(11-9-20)16(22)12-15-17(23)19-7-6-18-15/h2-5,15,18H,6-12H2,1H3,(H,19,23)/p+1/t15-/m1/s1. The molecule has 2 saturated heterocycles. The van der Waals surface area contributed by atoms with Gasteiger partial charge in [0.15, 0.2) is 6.04 Å². The van der Waals surface area contributed by atoms with Crippen LogP contribution in [0.1, 0.15) is 6.42 Å². The number of carbonyl (C=O) groups excluding carboxylic acids is 2. The van der Waals surface area contributed by atoms with Crippen molar-refractivity contribution in [3.63, 3.8) is 0 Å². The van der Waals surface area contributed by atoms with E-state index in [1.165, 1.54) is 0 Å². The third-order valence-electron chi connectivity index (χ3n) is 4.70. The van der Waals surface area contributed by atoms with E-state index in [1.54, 1.807) is 7.11 Å². The number of hydrogen-bond acceptors (Lipinski definition) is 4. The van der Waals surface area contributed by atoms with Crippen molar-refractivity contribution in [2.24, 2.45) is 0 Å². The van der Waals surface area contributed by atoms with Gasteiger partial charge in [-0.25, -0.2) is 0 Å². The second kappa shape index (κ2) is 7.53. The van der Waals surface area contributed by atoms with Crippen LogP contribution in [0.15, 0.2) is 24.3 Å². The van der Waals surface area contributed by atoms with Crippen LogP contribution in [-0.2, 0) is 9.59 Å². The molecule has 2 amide bonds. The minimum Gasteiger partial charge on any atom is -0.497 e. The van der Waals surface area contributed by atoms with E-state index in [-0.39, 0.29) is 24.3 Å². The lowest BCUT2D eigenvalue weighted by molar-refractivity contribution is -0.678. The summed E-state index contributed by atoms with van der Waals surface area (Å²) < 4.78 is 5.18.